The maximum Gasteiger partial charge on any atom is 0.405 e. The minimum Gasteiger partial charge on any atom is -0.465 e. The summed E-state index contributed by atoms with van der Waals surface area (Å²) >= 11 is 0. The molecule has 2 amide bonds. The van der Waals surface area contributed by atoms with E-state index in [0.717, 1.165) is 31.2 Å². The number of carbonyl (C=O) groups excluding carboxylic acids is 1. The van der Waals surface area contributed by atoms with E-state index in [2.05, 4.69) is 16.0 Å². The molecule has 3 aliphatic rings. The number of nitrogens with zero attached hydrogens (tertiary/aromatic N) is 1. The van der Waals surface area contributed by atoms with Crippen molar-refractivity contribution < 1.29 is 31.9 Å². The number of hydrogen-bond donors (Lipinski definition) is 4. The van der Waals surface area contributed by atoms with Gasteiger partial charge in [-0.25, -0.2) is 22.0 Å². The molecule has 46 heavy (non-hydrogen) atoms. The number of nitrogens with one attached hydrogen (secondary N) is 3. The Bertz CT molecular complexity index is 1720. The Balaban J connectivity index is 1.29. The Hall–Kier alpha value is -3.87. The predicted octanol–water partition coefficient (Wildman–Crippen LogP) is 4.56. The second kappa shape index (κ2) is 13.5. The first-order valence-corrected chi connectivity index (χ1v) is 17.4. The average Bonchev–Trinajstić information content (AvgIpc) is 3.45. The third-order valence-electron chi connectivity index (χ3n) is 9.47. The highest BCUT2D eigenvalue weighted by Crippen LogP contribution is 2.34. The summed E-state index contributed by atoms with van der Waals surface area (Å²) in [4.78, 5) is 26.1. The first-order chi connectivity index (χ1) is 22.1. The zero-order valence-corrected chi connectivity index (χ0v) is 26.2. The molecule has 2 fully saturated rings. The summed E-state index contributed by atoms with van der Waals surface area (Å²) in [6.45, 7) is 0.828. The summed E-state index contributed by atoms with van der Waals surface area (Å²) < 4.78 is 56.7. The van der Waals surface area contributed by atoms with Gasteiger partial charge in [0, 0.05) is 42.3 Å². The van der Waals surface area contributed by atoms with Crippen LogP contribution < -0.4 is 16.0 Å². The van der Waals surface area contributed by atoms with Crippen LogP contribution in [0.4, 0.5) is 19.3 Å². The molecular formula is C34H38F2N4O5S. The minimum absolute atomic E-state index is 0.0834. The normalized spacial score (nSPS) is 23.0. The standard InChI is InChI=1S/C34H38F2N4O5S/c35-25-13-11-22(12-14-25)31(24-10-9-21-4-1-5-23(21)18-24)32(39-34(42)43)33(41)38-30-8-2-7-29(36)28(30)16-15-27-19-37-26-6-3-17-46(44,45)40(27)20-26/h2,7-14,18,26-27,31-32,37,39H,1,3-6,15-17,19-20H2,(H,38,41)(H,42,43)/t26?,27?,31-,32-/m0/s1. The lowest BCUT2D eigenvalue weighted by atomic mass is 9.83. The minimum atomic E-state index is -3.43. The fraction of sp³-hybridized carbons (Fsp3) is 0.412. The summed E-state index contributed by atoms with van der Waals surface area (Å²) in [5.74, 6) is -2.46. The molecule has 5 atom stereocenters. The van der Waals surface area contributed by atoms with Crippen LogP contribution in [-0.2, 0) is 34.1 Å². The number of halogens is 2. The van der Waals surface area contributed by atoms with Crippen LogP contribution in [0.2, 0.25) is 0 Å². The number of rotatable bonds is 9. The maximum absolute atomic E-state index is 15.3. The van der Waals surface area contributed by atoms with Crippen LogP contribution in [0.3, 0.4) is 0 Å². The van der Waals surface area contributed by atoms with Gasteiger partial charge in [0.15, 0.2) is 0 Å². The molecule has 2 heterocycles. The molecule has 2 bridgehead atoms. The molecule has 244 valence electrons. The Labute approximate surface area is 267 Å². The Morgan fingerprint density at radius 3 is 2.54 bits per heavy atom. The van der Waals surface area contributed by atoms with Crippen LogP contribution in [-0.4, -0.2) is 66.8 Å². The number of aryl methyl sites for hydroxylation is 2. The predicted molar refractivity (Wildman–Crippen MR) is 170 cm³/mol. The Morgan fingerprint density at radius 2 is 1.76 bits per heavy atom. The van der Waals surface area contributed by atoms with E-state index in [4.69, 9.17) is 0 Å². The van der Waals surface area contributed by atoms with Gasteiger partial charge < -0.3 is 21.1 Å². The molecule has 0 spiro atoms. The molecule has 9 nitrogen and oxygen atoms in total. The zero-order chi connectivity index (χ0) is 32.4. The highest BCUT2D eigenvalue weighted by atomic mass is 32.2. The molecule has 0 aromatic heterocycles. The molecule has 2 aliphatic heterocycles. The van der Waals surface area contributed by atoms with Gasteiger partial charge in [0.25, 0.3) is 0 Å². The highest BCUT2D eigenvalue weighted by molar-refractivity contribution is 7.89. The number of amides is 2. The van der Waals surface area contributed by atoms with Gasteiger partial charge in [0.2, 0.25) is 15.9 Å². The van der Waals surface area contributed by atoms with Crippen molar-refractivity contribution in [3.05, 3.63) is 100 Å². The number of benzene rings is 3. The van der Waals surface area contributed by atoms with Crippen LogP contribution in [0.25, 0.3) is 0 Å². The second-order valence-electron chi connectivity index (χ2n) is 12.4. The van der Waals surface area contributed by atoms with E-state index in [9.17, 15) is 27.5 Å². The number of carbonyl (C=O) groups is 2. The molecule has 1 aliphatic carbocycles. The highest BCUT2D eigenvalue weighted by Gasteiger charge is 2.38. The Morgan fingerprint density at radius 1 is 1.00 bits per heavy atom. The molecule has 4 N–H and O–H groups in total. The molecule has 3 aromatic rings. The van der Waals surface area contributed by atoms with E-state index in [1.54, 1.807) is 6.07 Å². The van der Waals surface area contributed by atoms with Gasteiger partial charge >= 0.3 is 6.09 Å². The number of carboxylic acid groups (broad SMARTS) is 1. The zero-order valence-electron chi connectivity index (χ0n) is 25.3. The van der Waals surface area contributed by atoms with Gasteiger partial charge in [-0.1, -0.05) is 36.4 Å². The maximum atomic E-state index is 15.3. The van der Waals surface area contributed by atoms with Crippen molar-refractivity contribution in [3.8, 4) is 0 Å². The van der Waals surface area contributed by atoms with Crippen molar-refractivity contribution in [2.45, 2.75) is 69.0 Å². The summed E-state index contributed by atoms with van der Waals surface area (Å²) in [5, 5.41) is 18.4. The first kappa shape index (κ1) is 32.1. The molecule has 12 heteroatoms. The molecule has 0 radical (unpaired) electrons. The van der Waals surface area contributed by atoms with Crippen molar-refractivity contribution in [1.82, 2.24) is 14.9 Å². The van der Waals surface area contributed by atoms with E-state index in [1.807, 2.05) is 18.2 Å². The molecule has 0 saturated carbocycles. The second-order valence-corrected chi connectivity index (χ2v) is 14.5. The summed E-state index contributed by atoms with van der Waals surface area (Å²) in [5.41, 5.74) is 3.94. The summed E-state index contributed by atoms with van der Waals surface area (Å²) in [6.07, 6.45) is 3.23. The van der Waals surface area contributed by atoms with E-state index >= 15 is 4.39 Å². The fourth-order valence-corrected chi connectivity index (χ4v) is 8.97. The number of hydrogen-bond acceptors (Lipinski definition) is 5. The van der Waals surface area contributed by atoms with Crippen LogP contribution >= 0.6 is 0 Å². The molecule has 3 aromatic carbocycles. The van der Waals surface area contributed by atoms with Gasteiger partial charge in [-0.2, -0.15) is 4.31 Å². The van der Waals surface area contributed by atoms with Crippen molar-refractivity contribution in [3.63, 3.8) is 0 Å². The van der Waals surface area contributed by atoms with Crippen LogP contribution in [0.15, 0.2) is 60.7 Å². The Kier molecular flexibility index (Phi) is 9.39. The molecule has 3 unspecified atom stereocenters. The van der Waals surface area contributed by atoms with Crippen molar-refractivity contribution in [1.29, 1.82) is 0 Å². The van der Waals surface area contributed by atoms with Crippen LogP contribution in [0.5, 0.6) is 0 Å². The van der Waals surface area contributed by atoms with Crippen molar-refractivity contribution in [2.24, 2.45) is 0 Å². The van der Waals surface area contributed by atoms with Crippen molar-refractivity contribution >= 4 is 27.7 Å². The number of fused-ring (bicyclic) bond motifs is 3. The van der Waals surface area contributed by atoms with Gasteiger partial charge in [-0.05, 0) is 91.5 Å². The largest absolute Gasteiger partial charge is 0.465 e. The summed E-state index contributed by atoms with van der Waals surface area (Å²) in [6, 6.07) is 14.1. The number of sulfonamides is 1. The quantitative estimate of drug-likeness (QED) is 0.269. The molecular weight excluding hydrogens is 614 g/mol. The number of anilines is 1. The molecule has 2 saturated heterocycles. The van der Waals surface area contributed by atoms with Crippen LogP contribution in [0, 0.1) is 11.6 Å². The third-order valence-corrected chi connectivity index (χ3v) is 11.4. The lowest BCUT2D eigenvalue weighted by molar-refractivity contribution is -0.118. The third kappa shape index (κ3) is 6.93. The topological polar surface area (TPSA) is 128 Å². The van der Waals surface area contributed by atoms with Gasteiger partial charge in [0.1, 0.15) is 17.7 Å². The van der Waals surface area contributed by atoms with E-state index < -0.39 is 45.6 Å². The van der Waals surface area contributed by atoms with Gasteiger partial charge in [0.05, 0.1) is 5.75 Å². The van der Waals surface area contributed by atoms with Crippen LogP contribution in [0.1, 0.15) is 59.4 Å². The van der Waals surface area contributed by atoms with E-state index in [0.29, 0.717) is 37.1 Å². The van der Waals surface area contributed by atoms with E-state index in [-0.39, 0.29) is 35.5 Å². The monoisotopic (exact) mass is 652 g/mol. The number of piperazine rings is 1. The summed E-state index contributed by atoms with van der Waals surface area (Å²) in [7, 11) is -3.43. The van der Waals surface area contributed by atoms with Gasteiger partial charge in [-0.3, -0.25) is 4.79 Å². The smallest absolute Gasteiger partial charge is 0.405 e. The average molecular weight is 653 g/mol. The lowest BCUT2D eigenvalue weighted by Crippen LogP contribution is -2.57. The lowest BCUT2D eigenvalue weighted by Gasteiger charge is -2.37. The fourth-order valence-electron chi connectivity index (χ4n) is 7.16. The van der Waals surface area contributed by atoms with E-state index in [1.165, 1.54) is 46.3 Å². The van der Waals surface area contributed by atoms with Gasteiger partial charge in [-0.15, -0.1) is 0 Å². The van der Waals surface area contributed by atoms with Crippen molar-refractivity contribution in [2.75, 3.05) is 24.2 Å². The molecule has 6 rings (SSSR count). The SMILES string of the molecule is O=C(O)N[C@H](C(=O)Nc1cccc(F)c1CCC1CNC2CCCS(=O)(=O)N1C2)[C@@H](c1ccc(F)cc1)c1ccc2c(c1)CCC2. The first-order valence-electron chi connectivity index (χ1n) is 15.8.